The van der Waals surface area contributed by atoms with Crippen molar-refractivity contribution in [2.24, 2.45) is 17.6 Å². The number of aliphatic carboxylic acids is 1. The van der Waals surface area contributed by atoms with Crippen LogP contribution in [0.5, 0.6) is 0 Å². The molecule has 0 saturated carbocycles. The van der Waals surface area contributed by atoms with Crippen molar-refractivity contribution in [2.45, 2.75) is 44.3 Å². The Bertz CT molecular complexity index is 366. The molecule has 2 aliphatic rings. The van der Waals surface area contributed by atoms with Gasteiger partial charge in [0.15, 0.2) is 0 Å². The van der Waals surface area contributed by atoms with Crippen molar-refractivity contribution < 1.29 is 19.4 Å². The summed E-state index contributed by atoms with van der Waals surface area (Å²) in [6, 6.07) is 0. The number of hydrogen-bond acceptors (Lipinski definition) is 3. The first-order chi connectivity index (χ1) is 8.59. The van der Waals surface area contributed by atoms with E-state index in [2.05, 4.69) is 0 Å². The summed E-state index contributed by atoms with van der Waals surface area (Å²) in [6.45, 7) is 0. The summed E-state index contributed by atoms with van der Waals surface area (Å²) < 4.78 is 5.73. The number of hydrogen-bond donors (Lipinski definition) is 2. The van der Waals surface area contributed by atoms with Gasteiger partial charge in [0.2, 0.25) is 5.91 Å². The second-order valence-electron chi connectivity index (χ2n) is 5.02. The van der Waals surface area contributed by atoms with E-state index in [1.807, 2.05) is 12.2 Å². The average Bonchev–Trinajstić information content (AvgIpc) is 2.87. The van der Waals surface area contributed by atoms with E-state index in [0.29, 0.717) is 6.42 Å². The maximum Gasteiger partial charge on any atom is 0.303 e. The quantitative estimate of drug-likeness (QED) is 0.693. The first-order valence-corrected chi connectivity index (χ1v) is 6.41. The predicted octanol–water partition coefficient (Wildman–Crippen LogP) is 1.08. The monoisotopic (exact) mass is 253 g/mol. The smallest absolute Gasteiger partial charge is 0.303 e. The Hall–Kier alpha value is -1.36. The van der Waals surface area contributed by atoms with Crippen molar-refractivity contribution in [3.05, 3.63) is 12.2 Å². The van der Waals surface area contributed by atoms with Gasteiger partial charge in [-0.25, -0.2) is 0 Å². The van der Waals surface area contributed by atoms with Gasteiger partial charge in [-0.1, -0.05) is 12.2 Å². The fourth-order valence-corrected chi connectivity index (χ4v) is 3.05. The van der Waals surface area contributed by atoms with Crippen LogP contribution in [0.25, 0.3) is 0 Å². The highest BCUT2D eigenvalue weighted by Gasteiger charge is 2.50. The molecule has 0 radical (unpaired) electrons. The Morgan fingerprint density at radius 2 is 2.00 bits per heavy atom. The van der Waals surface area contributed by atoms with Gasteiger partial charge in [0.25, 0.3) is 0 Å². The van der Waals surface area contributed by atoms with Crippen LogP contribution in [0.2, 0.25) is 0 Å². The number of carboxylic acids is 1. The second kappa shape index (κ2) is 5.52. The van der Waals surface area contributed by atoms with Crippen LogP contribution in [-0.4, -0.2) is 29.2 Å². The van der Waals surface area contributed by atoms with Gasteiger partial charge < -0.3 is 15.6 Å². The first-order valence-electron chi connectivity index (χ1n) is 6.41. The molecule has 0 unspecified atom stereocenters. The number of ether oxygens (including phenoxy) is 1. The van der Waals surface area contributed by atoms with Crippen LogP contribution in [0.15, 0.2) is 12.2 Å². The van der Waals surface area contributed by atoms with Crippen LogP contribution in [0.1, 0.15) is 32.1 Å². The topological polar surface area (TPSA) is 89.6 Å². The van der Waals surface area contributed by atoms with Crippen LogP contribution in [0.4, 0.5) is 0 Å². The third kappa shape index (κ3) is 2.72. The van der Waals surface area contributed by atoms with Gasteiger partial charge in [0, 0.05) is 12.3 Å². The highest BCUT2D eigenvalue weighted by atomic mass is 16.5. The Morgan fingerprint density at radius 1 is 1.28 bits per heavy atom. The van der Waals surface area contributed by atoms with E-state index >= 15 is 0 Å². The Labute approximate surface area is 106 Å². The summed E-state index contributed by atoms with van der Waals surface area (Å²) in [7, 11) is 0. The predicted molar refractivity (Wildman–Crippen MR) is 64.7 cm³/mol. The number of carboxylic acid groups (broad SMARTS) is 1. The molecule has 2 aliphatic heterocycles. The largest absolute Gasteiger partial charge is 0.481 e. The minimum atomic E-state index is -0.794. The maximum atomic E-state index is 11.4. The van der Waals surface area contributed by atoms with E-state index < -0.39 is 5.97 Å². The highest BCUT2D eigenvalue weighted by Crippen LogP contribution is 2.44. The SMILES string of the molecule is NC(=O)[C@@H]1[C@H](C/C=C\CCC(=O)O)[C@H]2CC[C@@H]1O2. The molecule has 4 atom stereocenters. The van der Waals surface area contributed by atoms with E-state index in [1.165, 1.54) is 0 Å². The molecule has 100 valence electrons. The summed E-state index contributed by atoms with van der Waals surface area (Å²) in [6.07, 6.45) is 7.31. The molecule has 3 N–H and O–H groups in total. The van der Waals surface area contributed by atoms with E-state index in [-0.39, 0.29) is 36.4 Å². The van der Waals surface area contributed by atoms with Gasteiger partial charge in [0.05, 0.1) is 18.1 Å². The average molecular weight is 253 g/mol. The van der Waals surface area contributed by atoms with Gasteiger partial charge in [-0.05, 0) is 25.7 Å². The zero-order chi connectivity index (χ0) is 13.1. The fourth-order valence-electron chi connectivity index (χ4n) is 3.05. The van der Waals surface area contributed by atoms with Gasteiger partial charge in [-0.15, -0.1) is 0 Å². The molecular weight excluding hydrogens is 234 g/mol. The number of rotatable bonds is 6. The van der Waals surface area contributed by atoms with Gasteiger partial charge >= 0.3 is 5.97 Å². The number of fused-ring (bicyclic) bond motifs is 2. The molecule has 0 aromatic rings. The number of amides is 1. The van der Waals surface area contributed by atoms with Gasteiger partial charge in [-0.2, -0.15) is 0 Å². The number of carbonyl (C=O) groups is 2. The maximum absolute atomic E-state index is 11.4. The Kier molecular flexibility index (Phi) is 4.01. The van der Waals surface area contributed by atoms with Crippen LogP contribution >= 0.6 is 0 Å². The molecule has 2 saturated heterocycles. The number of primary amides is 1. The molecule has 2 heterocycles. The second-order valence-corrected chi connectivity index (χ2v) is 5.02. The van der Waals surface area contributed by atoms with Crippen molar-refractivity contribution in [1.82, 2.24) is 0 Å². The Balaban J connectivity index is 1.84. The molecule has 1 amide bonds. The molecule has 0 aromatic carbocycles. The summed E-state index contributed by atoms with van der Waals surface area (Å²) in [5.74, 6) is -1.07. The molecule has 2 rings (SSSR count). The molecule has 2 bridgehead atoms. The minimum Gasteiger partial charge on any atom is -0.481 e. The van der Waals surface area contributed by atoms with Crippen LogP contribution in [-0.2, 0) is 14.3 Å². The first kappa shape index (κ1) is 13.1. The number of allylic oxidation sites excluding steroid dienone is 2. The molecule has 2 fully saturated rings. The summed E-state index contributed by atoms with van der Waals surface area (Å²) in [5.41, 5.74) is 5.42. The highest BCUT2D eigenvalue weighted by molar-refractivity contribution is 5.78. The lowest BCUT2D eigenvalue weighted by atomic mass is 9.77. The lowest BCUT2D eigenvalue weighted by molar-refractivity contribution is -0.136. The van der Waals surface area contributed by atoms with E-state index in [1.54, 1.807) is 0 Å². The Morgan fingerprint density at radius 3 is 2.67 bits per heavy atom. The van der Waals surface area contributed by atoms with Crippen LogP contribution in [0, 0.1) is 11.8 Å². The molecule has 0 spiro atoms. The van der Waals surface area contributed by atoms with Crippen molar-refractivity contribution in [2.75, 3.05) is 0 Å². The van der Waals surface area contributed by atoms with Crippen molar-refractivity contribution in [1.29, 1.82) is 0 Å². The van der Waals surface area contributed by atoms with Crippen molar-refractivity contribution >= 4 is 11.9 Å². The molecule has 18 heavy (non-hydrogen) atoms. The van der Waals surface area contributed by atoms with Crippen LogP contribution < -0.4 is 5.73 Å². The van der Waals surface area contributed by atoms with Crippen LogP contribution in [0.3, 0.4) is 0 Å². The zero-order valence-electron chi connectivity index (χ0n) is 10.2. The third-order valence-electron chi connectivity index (χ3n) is 3.85. The number of carbonyl (C=O) groups excluding carboxylic acids is 1. The summed E-state index contributed by atoms with van der Waals surface area (Å²) >= 11 is 0. The van der Waals surface area contributed by atoms with Gasteiger partial charge in [-0.3, -0.25) is 9.59 Å². The van der Waals surface area contributed by atoms with Crippen molar-refractivity contribution in [3.63, 3.8) is 0 Å². The molecule has 5 nitrogen and oxygen atoms in total. The lowest BCUT2D eigenvalue weighted by Crippen LogP contribution is -2.37. The standard InChI is InChI=1S/C13H19NO4/c14-13(17)12-8(9-6-7-10(12)18-9)4-2-1-3-5-11(15)16/h1-2,8-10,12H,3-7H2,(H2,14,17)(H,15,16)/b2-1-/t8-,9-,10+,12-/m1/s1. The third-order valence-corrected chi connectivity index (χ3v) is 3.85. The molecule has 0 aliphatic carbocycles. The van der Waals surface area contributed by atoms with Gasteiger partial charge in [0.1, 0.15) is 0 Å². The normalized spacial score (nSPS) is 34.2. The summed E-state index contributed by atoms with van der Waals surface area (Å²) in [4.78, 5) is 21.8. The molecular formula is C13H19NO4. The van der Waals surface area contributed by atoms with E-state index in [0.717, 1.165) is 19.3 Å². The number of nitrogens with two attached hydrogens (primary N) is 1. The fraction of sp³-hybridized carbons (Fsp3) is 0.692. The molecule has 5 heteroatoms. The zero-order valence-corrected chi connectivity index (χ0v) is 10.2. The lowest BCUT2D eigenvalue weighted by Gasteiger charge is -2.24. The minimum absolute atomic E-state index is 0.00456. The summed E-state index contributed by atoms with van der Waals surface area (Å²) in [5, 5.41) is 8.51. The van der Waals surface area contributed by atoms with E-state index in [4.69, 9.17) is 15.6 Å². The van der Waals surface area contributed by atoms with Crippen molar-refractivity contribution in [3.8, 4) is 0 Å². The molecule has 0 aromatic heterocycles. The van der Waals surface area contributed by atoms with E-state index in [9.17, 15) is 9.59 Å².